The van der Waals surface area contributed by atoms with Crippen LogP contribution in [0.3, 0.4) is 0 Å². The second kappa shape index (κ2) is 3.15. The van der Waals surface area contributed by atoms with Crippen LogP contribution < -0.4 is 5.73 Å². The second-order valence-corrected chi connectivity index (χ2v) is 2.43. The van der Waals surface area contributed by atoms with Crippen LogP contribution in [0, 0.1) is 5.92 Å². The van der Waals surface area contributed by atoms with Gasteiger partial charge in [0, 0.05) is 19.1 Å². The molecule has 0 amide bonds. The first-order chi connectivity index (χ1) is 4.34. The topological polar surface area (TPSA) is 55.5 Å². The first-order valence-corrected chi connectivity index (χ1v) is 3.30. The molecular weight excluding hydrogens is 118 g/mol. The van der Waals surface area contributed by atoms with Crippen LogP contribution in [0.2, 0.25) is 0 Å². The summed E-state index contributed by atoms with van der Waals surface area (Å²) in [5, 5.41) is 9.15. The summed E-state index contributed by atoms with van der Waals surface area (Å²) in [4.78, 5) is 0. The Balaban J connectivity index is 2.24. The Labute approximate surface area is 54.8 Å². The molecule has 1 aliphatic heterocycles. The van der Waals surface area contributed by atoms with Gasteiger partial charge in [0.05, 0.1) is 12.7 Å². The number of ether oxygens (including phenoxy) is 1. The third-order valence-corrected chi connectivity index (χ3v) is 1.75. The van der Waals surface area contributed by atoms with E-state index < -0.39 is 0 Å². The first-order valence-electron chi connectivity index (χ1n) is 3.30. The maximum atomic E-state index is 9.15. The van der Waals surface area contributed by atoms with E-state index in [0.29, 0.717) is 13.2 Å². The van der Waals surface area contributed by atoms with Crippen LogP contribution in [0.4, 0.5) is 0 Å². The molecular formula is C6H13NO2. The fourth-order valence-corrected chi connectivity index (χ4v) is 1.05. The third-order valence-electron chi connectivity index (χ3n) is 1.75. The van der Waals surface area contributed by atoms with E-state index in [2.05, 4.69) is 0 Å². The molecule has 0 saturated carbocycles. The minimum atomic E-state index is -0.354. The highest BCUT2D eigenvalue weighted by Gasteiger charge is 2.22. The molecule has 0 bridgehead atoms. The Morgan fingerprint density at radius 2 is 2.56 bits per heavy atom. The van der Waals surface area contributed by atoms with Crippen molar-refractivity contribution in [2.75, 3.05) is 19.8 Å². The van der Waals surface area contributed by atoms with Gasteiger partial charge < -0.3 is 15.6 Å². The average molecular weight is 131 g/mol. The molecule has 1 rings (SSSR count). The monoisotopic (exact) mass is 131 g/mol. The van der Waals surface area contributed by atoms with E-state index >= 15 is 0 Å². The van der Waals surface area contributed by atoms with Crippen LogP contribution in [0.15, 0.2) is 0 Å². The lowest BCUT2D eigenvalue weighted by molar-refractivity contribution is 0.0978. The van der Waals surface area contributed by atoms with Gasteiger partial charge in [0.15, 0.2) is 0 Å². The Kier molecular flexibility index (Phi) is 2.45. The van der Waals surface area contributed by atoms with Crippen LogP contribution in [0.25, 0.3) is 0 Å². The van der Waals surface area contributed by atoms with Crippen molar-refractivity contribution in [3.05, 3.63) is 0 Å². The zero-order chi connectivity index (χ0) is 6.69. The summed E-state index contributed by atoms with van der Waals surface area (Å²) in [6, 6.07) is 0. The van der Waals surface area contributed by atoms with Crippen molar-refractivity contribution < 1.29 is 9.84 Å². The Hall–Kier alpha value is -0.120. The van der Waals surface area contributed by atoms with Crippen LogP contribution in [-0.4, -0.2) is 31.0 Å². The van der Waals surface area contributed by atoms with Crippen molar-refractivity contribution in [3.63, 3.8) is 0 Å². The highest BCUT2D eigenvalue weighted by molar-refractivity contribution is 4.72. The van der Waals surface area contributed by atoms with Gasteiger partial charge in [-0.1, -0.05) is 0 Å². The van der Waals surface area contributed by atoms with Crippen LogP contribution in [-0.2, 0) is 4.74 Å². The maximum absolute atomic E-state index is 9.15. The summed E-state index contributed by atoms with van der Waals surface area (Å²) in [7, 11) is 0. The number of aliphatic hydroxyl groups excluding tert-OH is 1. The van der Waals surface area contributed by atoms with Crippen LogP contribution in [0.1, 0.15) is 6.42 Å². The molecule has 0 aromatic heterocycles. The number of hydrogen-bond acceptors (Lipinski definition) is 3. The molecule has 1 heterocycles. The van der Waals surface area contributed by atoms with E-state index in [1.807, 2.05) is 0 Å². The molecule has 0 aromatic carbocycles. The highest BCUT2D eigenvalue weighted by Crippen LogP contribution is 2.15. The molecule has 1 fully saturated rings. The zero-order valence-electron chi connectivity index (χ0n) is 5.42. The number of nitrogens with two attached hydrogens (primary N) is 1. The van der Waals surface area contributed by atoms with Crippen LogP contribution in [0.5, 0.6) is 0 Å². The van der Waals surface area contributed by atoms with E-state index in [1.54, 1.807) is 0 Å². The van der Waals surface area contributed by atoms with E-state index in [9.17, 15) is 0 Å². The smallest absolute Gasteiger partial charge is 0.0713 e. The normalized spacial score (nSPS) is 30.7. The molecule has 2 atom stereocenters. The molecule has 0 aliphatic carbocycles. The van der Waals surface area contributed by atoms with Gasteiger partial charge in [-0.3, -0.25) is 0 Å². The molecule has 3 N–H and O–H groups in total. The molecule has 0 spiro atoms. The Morgan fingerprint density at radius 1 is 1.78 bits per heavy atom. The molecule has 3 heteroatoms. The van der Waals surface area contributed by atoms with Crippen molar-refractivity contribution in [2.24, 2.45) is 11.7 Å². The third kappa shape index (κ3) is 1.64. The fraction of sp³-hybridized carbons (Fsp3) is 1.00. The van der Waals surface area contributed by atoms with Gasteiger partial charge in [0.1, 0.15) is 0 Å². The zero-order valence-corrected chi connectivity index (χ0v) is 5.42. The van der Waals surface area contributed by atoms with Crippen molar-refractivity contribution in [1.82, 2.24) is 0 Å². The number of rotatable bonds is 2. The van der Waals surface area contributed by atoms with Gasteiger partial charge in [-0.15, -0.1) is 0 Å². The second-order valence-electron chi connectivity index (χ2n) is 2.43. The maximum Gasteiger partial charge on any atom is 0.0713 e. The van der Waals surface area contributed by atoms with E-state index in [1.165, 1.54) is 0 Å². The quantitative estimate of drug-likeness (QED) is 0.523. The van der Waals surface area contributed by atoms with E-state index in [0.717, 1.165) is 13.0 Å². The summed E-state index contributed by atoms with van der Waals surface area (Å²) in [6.07, 6.45) is 0.603. The predicted molar refractivity (Wildman–Crippen MR) is 34.0 cm³/mol. The van der Waals surface area contributed by atoms with Crippen molar-refractivity contribution >= 4 is 0 Å². The summed E-state index contributed by atoms with van der Waals surface area (Å²) < 4.78 is 5.06. The SMILES string of the molecule is NC[C@H](O)[C@@H]1CCOC1. The average Bonchev–Trinajstić information content (AvgIpc) is 2.37. The molecule has 1 saturated heterocycles. The minimum absolute atomic E-state index is 0.287. The summed E-state index contributed by atoms with van der Waals surface area (Å²) in [6.45, 7) is 1.81. The minimum Gasteiger partial charge on any atom is -0.391 e. The lowest BCUT2D eigenvalue weighted by Gasteiger charge is -2.12. The lowest BCUT2D eigenvalue weighted by Crippen LogP contribution is -2.28. The van der Waals surface area contributed by atoms with Gasteiger partial charge in [0.25, 0.3) is 0 Å². The van der Waals surface area contributed by atoms with Crippen LogP contribution >= 0.6 is 0 Å². The van der Waals surface area contributed by atoms with Gasteiger partial charge in [0.2, 0.25) is 0 Å². The highest BCUT2D eigenvalue weighted by atomic mass is 16.5. The van der Waals surface area contributed by atoms with Crippen molar-refractivity contribution in [1.29, 1.82) is 0 Å². The first kappa shape index (κ1) is 6.99. The molecule has 3 nitrogen and oxygen atoms in total. The molecule has 1 aliphatic rings. The largest absolute Gasteiger partial charge is 0.391 e. The Bertz CT molecular complexity index is 81.1. The van der Waals surface area contributed by atoms with Gasteiger partial charge in [-0.25, -0.2) is 0 Å². The van der Waals surface area contributed by atoms with Gasteiger partial charge in [-0.05, 0) is 6.42 Å². The molecule has 0 unspecified atom stereocenters. The summed E-state index contributed by atoms with van der Waals surface area (Å²) in [5.74, 6) is 0.287. The van der Waals surface area contributed by atoms with Gasteiger partial charge in [-0.2, -0.15) is 0 Å². The van der Waals surface area contributed by atoms with Crippen molar-refractivity contribution in [3.8, 4) is 0 Å². The molecule has 0 aromatic rings. The summed E-state index contributed by atoms with van der Waals surface area (Å²) >= 11 is 0. The molecule has 54 valence electrons. The summed E-state index contributed by atoms with van der Waals surface area (Å²) in [5.41, 5.74) is 5.25. The lowest BCUT2D eigenvalue weighted by atomic mass is 10.0. The standard InChI is InChI=1S/C6H13NO2/c7-3-6(8)5-1-2-9-4-5/h5-6,8H,1-4,7H2/t5-,6+/m1/s1. The van der Waals surface area contributed by atoms with E-state index in [-0.39, 0.29) is 12.0 Å². The Morgan fingerprint density at radius 3 is 3.00 bits per heavy atom. The van der Waals surface area contributed by atoms with Gasteiger partial charge >= 0.3 is 0 Å². The molecule has 9 heavy (non-hydrogen) atoms. The fourth-order valence-electron chi connectivity index (χ4n) is 1.05. The molecule has 0 radical (unpaired) electrons. The van der Waals surface area contributed by atoms with Crippen molar-refractivity contribution in [2.45, 2.75) is 12.5 Å². The number of aliphatic hydroxyl groups is 1. The predicted octanol–water partition coefficient (Wildman–Crippen LogP) is -0.658. The number of hydrogen-bond donors (Lipinski definition) is 2. The van der Waals surface area contributed by atoms with E-state index in [4.69, 9.17) is 15.6 Å².